The van der Waals surface area contributed by atoms with Crippen LogP contribution in [0.15, 0.2) is 43.2 Å². The SMILES string of the molecule is C=CCNc1cc(C(=O)Nc2ccc(C)cc2C)ncn1. The van der Waals surface area contributed by atoms with Gasteiger partial charge in [0, 0.05) is 18.3 Å². The highest BCUT2D eigenvalue weighted by Gasteiger charge is 2.10. The molecule has 0 unspecified atom stereocenters. The van der Waals surface area contributed by atoms with Crippen LogP contribution >= 0.6 is 0 Å². The Morgan fingerprint density at radius 3 is 2.81 bits per heavy atom. The van der Waals surface area contributed by atoms with Crippen LogP contribution in [0.5, 0.6) is 0 Å². The van der Waals surface area contributed by atoms with Gasteiger partial charge in [0.2, 0.25) is 0 Å². The molecule has 0 aliphatic carbocycles. The fourth-order valence-corrected chi connectivity index (χ4v) is 1.90. The number of carbonyl (C=O) groups excluding carboxylic acids is 1. The first kappa shape index (κ1) is 14.7. The van der Waals surface area contributed by atoms with Crippen molar-refractivity contribution in [2.45, 2.75) is 13.8 Å². The second-order valence-corrected chi connectivity index (χ2v) is 4.73. The molecule has 2 aromatic rings. The van der Waals surface area contributed by atoms with Crippen LogP contribution in [0.2, 0.25) is 0 Å². The Hall–Kier alpha value is -2.69. The summed E-state index contributed by atoms with van der Waals surface area (Å²) in [7, 11) is 0. The van der Waals surface area contributed by atoms with E-state index in [-0.39, 0.29) is 5.91 Å². The summed E-state index contributed by atoms with van der Waals surface area (Å²) in [4.78, 5) is 20.3. The van der Waals surface area contributed by atoms with Crippen LogP contribution < -0.4 is 10.6 Å². The highest BCUT2D eigenvalue weighted by Crippen LogP contribution is 2.17. The number of hydrogen-bond acceptors (Lipinski definition) is 4. The first-order chi connectivity index (χ1) is 10.1. The summed E-state index contributed by atoms with van der Waals surface area (Å²) in [5.74, 6) is 0.335. The minimum atomic E-state index is -0.258. The molecule has 108 valence electrons. The number of nitrogens with zero attached hydrogens (tertiary/aromatic N) is 2. The number of anilines is 2. The zero-order chi connectivity index (χ0) is 15.2. The van der Waals surface area contributed by atoms with Gasteiger partial charge in [-0.05, 0) is 25.5 Å². The zero-order valence-corrected chi connectivity index (χ0v) is 12.2. The monoisotopic (exact) mass is 282 g/mol. The fourth-order valence-electron chi connectivity index (χ4n) is 1.90. The minimum Gasteiger partial charge on any atom is -0.366 e. The molecule has 1 aromatic carbocycles. The molecule has 0 fully saturated rings. The lowest BCUT2D eigenvalue weighted by Crippen LogP contribution is -2.15. The molecule has 0 spiro atoms. The Balaban J connectivity index is 2.14. The third-order valence-corrected chi connectivity index (χ3v) is 2.96. The molecule has 0 bridgehead atoms. The van der Waals surface area contributed by atoms with Crippen molar-refractivity contribution >= 4 is 17.4 Å². The number of rotatable bonds is 5. The van der Waals surface area contributed by atoms with Gasteiger partial charge in [-0.2, -0.15) is 0 Å². The molecule has 0 aliphatic heterocycles. The van der Waals surface area contributed by atoms with Crippen molar-refractivity contribution < 1.29 is 4.79 Å². The molecule has 1 aromatic heterocycles. The molecule has 1 amide bonds. The van der Waals surface area contributed by atoms with Crippen LogP contribution in [0, 0.1) is 13.8 Å². The summed E-state index contributed by atoms with van der Waals surface area (Å²) in [5, 5.41) is 5.88. The zero-order valence-electron chi connectivity index (χ0n) is 12.2. The van der Waals surface area contributed by atoms with Crippen molar-refractivity contribution in [3.05, 3.63) is 60.1 Å². The Morgan fingerprint density at radius 2 is 2.10 bits per heavy atom. The van der Waals surface area contributed by atoms with Gasteiger partial charge in [-0.15, -0.1) is 6.58 Å². The van der Waals surface area contributed by atoms with Gasteiger partial charge >= 0.3 is 0 Å². The molecule has 1 heterocycles. The van der Waals surface area contributed by atoms with Crippen molar-refractivity contribution in [2.24, 2.45) is 0 Å². The van der Waals surface area contributed by atoms with Gasteiger partial charge in [0.15, 0.2) is 0 Å². The average Bonchev–Trinajstić information content (AvgIpc) is 2.48. The molecule has 0 saturated carbocycles. The summed E-state index contributed by atoms with van der Waals surface area (Å²) in [6.45, 7) is 8.17. The lowest BCUT2D eigenvalue weighted by atomic mass is 10.1. The highest BCUT2D eigenvalue weighted by molar-refractivity contribution is 6.03. The fraction of sp³-hybridized carbons (Fsp3) is 0.188. The molecular weight excluding hydrogens is 264 g/mol. The van der Waals surface area contributed by atoms with Crippen LogP contribution in [0.1, 0.15) is 21.6 Å². The van der Waals surface area contributed by atoms with E-state index in [0.29, 0.717) is 18.1 Å². The van der Waals surface area contributed by atoms with Gasteiger partial charge < -0.3 is 10.6 Å². The smallest absolute Gasteiger partial charge is 0.274 e. The Labute approximate surface area is 124 Å². The van der Waals surface area contributed by atoms with E-state index in [1.54, 1.807) is 12.1 Å². The summed E-state index contributed by atoms with van der Waals surface area (Å²) in [5.41, 5.74) is 3.27. The van der Waals surface area contributed by atoms with Gasteiger partial charge in [0.25, 0.3) is 5.91 Å². The van der Waals surface area contributed by atoms with Gasteiger partial charge in [-0.1, -0.05) is 23.8 Å². The van der Waals surface area contributed by atoms with Crippen LogP contribution in [0.4, 0.5) is 11.5 Å². The van der Waals surface area contributed by atoms with Crippen molar-refractivity contribution in [2.75, 3.05) is 17.2 Å². The molecular formula is C16H18N4O. The van der Waals surface area contributed by atoms with E-state index < -0.39 is 0 Å². The second-order valence-electron chi connectivity index (χ2n) is 4.73. The Kier molecular flexibility index (Phi) is 4.66. The second kappa shape index (κ2) is 6.65. The van der Waals surface area contributed by atoms with Crippen LogP contribution in [0.3, 0.4) is 0 Å². The van der Waals surface area contributed by atoms with Crippen LogP contribution in [-0.2, 0) is 0 Å². The standard InChI is InChI=1S/C16H18N4O/c1-4-7-17-15-9-14(18-10-19-15)16(21)20-13-6-5-11(2)8-12(13)3/h4-6,8-10H,1,7H2,2-3H3,(H,20,21)(H,17,18,19). The van der Waals surface area contributed by atoms with Gasteiger partial charge in [-0.3, -0.25) is 4.79 Å². The maximum atomic E-state index is 12.2. The number of benzene rings is 1. The number of carbonyl (C=O) groups is 1. The van der Waals surface area contributed by atoms with Crippen molar-refractivity contribution in [3.63, 3.8) is 0 Å². The predicted octanol–water partition coefficient (Wildman–Crippen LogP) is 2.94. The summed E-state index contributed by atoms with van der Waals surface area (Å²) < 4.78 is 0. The summed E-state index contributed by atoms with van der Waals surface area (Å²) in [6, 6.07) is 7.48. The van der Waals surface area contributed by atoms with Crippen LogP contribution in [0.25, 0.3) is 0 Å². The maximum absolute atomic E-state index is 12.2. The third-order valence-electron chi connectivity index (χ3n) is 2.96. The molecule has 21 heavy (non-hydrogen) atoms. The number of aromatic nitrogens is 2. The lowest BCUT2D eigenvalue weighted by Gasteiger charge is -2.09. The Morgan fingerprint density at radius 1 is 1.29 bits per heavy atom. The van der Waals surface area contributed by atoms with E-state index in [2.05, 4.69) is 27.2 Å². The molecule has 0 atom stereocenters. The van der Waals surface area contributed by atoms with Gasteiger partial charge in [-0.25, -0.2) is 9.97 Å². The largest absolute Gasteiger partial charge is 0.366 e. The first-order valence-corrected chi connectivity index (χ1v) is 6.65. The normalized spacial score (nSPS) is 10.0. The molecule has 0 aliphatic rings. The first-order valence-electron chi connectivity index (χ1n) is 6.65. The van der Waals surface area contributed by atoms with Crippen LogP contribution in [-0.4, -0.2) is 22.4 Å². The number of nitrogens with one attached hydrogen (secondary N) is 2. The van der Waals surface area contributed by atoms with E-state index in [0.717, 1.165) is 16.8 Å². The van der Waals surface area contributed by atoms with E-state index >= 15 is 0 Å². The molecule has 5 heteroatoms. The van der Waals surface area contributed by atoms with E-state index in [9.17, 15) is 4.79 Å². The molecule has 0 radical (unpaired) electrons. The Bertz CT molecular complexity index is 667. The topological polar surface area (TPSA) is 66.9 Å². The van der Waals surface area contributed by atoms with Gasteiger partial charge in [0.1, 0.15) is 17.8 Å². The summed E-state index contributed by atoms with van der Waals surface area (Å²) >= 11 is 0. The number of amides is 1. The summed E-state index contributed by atoms with van der Waals surface area (Å²) in [6.07, 6.45) is 3.08. The number of hydrogen-bond donors (Lipinski definition) is 2. The predicted molar refractivity (Wildman–Crippen MR) is 84.6 cm³/mol. The number of aryl methyl sites for hydroxylation is 2. The van der Waals surface area contributed by atoms with E-state index in [1.165, 1.54) is 6.33 Å². The van der Waals surface area contributed by atoms with Crippen molar-refractivity contribution in [1.29, 1.82) is 0 Å². The molecule has 5 nitrogen and oxygen atoms in total. The third kappa shape index (κ3) is 3.89. The van der Waals surface area contributed by atoms with Gasteiger partial charge in [0.05, 0.1) is 0 Å². The van der Waals surface area contributed by atoms with Crippen molar-refractivity contribution in [1.82, 2.24) is 9.97 Å². The van der Waals surface area contributed by atoms with E-state index in [1.807, 2.05) is 32.0 Å². The highest BCUT2D eigenvalue weighted by atomic mass is 16.1. The minimum absolute atomic E-state index is 0.258. The average molecular weight is 282 g/mol. The molecule has 0 saturated heterocycles. The molecule has 2 N–H and O–H groups in total. The quantitative estimate of drug-likeness (QED) is 0.827. The lowest BCUT2D eigenvalue weighted by molar-refractivity contribution is 0.102. The maximum Gasteiger partial charge on any atom is 0.274 e. The van der Waals surface area contributed by atoms with Crippen molar-refractivity contribution in [3.8, 4) is 0 Å². The molecule has 2 rings (SSSR count). The van der Waals surface area contributed by atoms with E-state index in [4.69, 9.17) is 0 Å².